The average molecular weight is 123 g/mol. The molecule has 0 saturated heterocycles. The van der Waals surface area contributed by atoms with E-state index in [1.54, 1.807) is 21.8 Å². The molecule has 0 unspecified atom stereocenters. The first kappa shape index (κ1) is 6.36. The van der Waals surface area contributed by atoms with Crippen molar-refractivity contribution in [3.05, 3.63) is 11.6 Å². The summed E-state index contributed by atoms with van der Waals surface area (Å²) in [5.74, 6) is 0. The molecule has 0 spiro atoms. The molecule has 0 aromatic carbocycles. The Morgan fingerprint density at radius 2 is 2.33 bits per heavy atom. The van der Waals surface area contributed by atoms with Crippen molar-refractivity contribution >= 4 is 21.8 Å². The summed E-state index contributed by atoms with van der Waals surface area (Å²) in [5, 5.41) is 2.06. The summed E-state index contributed by atoms with van der Waals surface area (Å²) in [6.07, 6.45) is 2.04. The molecule has 36 valence electrons. The summed E-state index contributed by atoms with van der Waals surface area (Å²) in [4.78, 5) is 0. The lowest BCUT2D eigenvalue weighted by molar-refractivity contribution is -0.391. The second kappa shape index (κ2) is 3.55. The Bertz CT molecular complexity index is 49.5. The fourth-order valence-electron chi connectivity index (χ4n) is 0.160. The van der Waals surface area contributed by atoms with E-state index in [0.29, 0.717) is 0 Å². The van der Waals surface area contributed by atoms with Gasteiger partial charge < -0.3 is 5.48 Å². The fraction of sp³-hybridized carbons (Fsp3) is 0. The molecule has 0 saturated carbocycles. The number of hydrogen-bond acceptors (Lipinski definition) is 3. The molecule has 6 heavy (non-hydrogen) atoms. The van der Waals surface area contributed by atoms with Gasteiger partial charge in [-0.15, -0.1) is 0 Å². The van der Waals surface area contributed by atoms with Gasteiger partial charge in [0, 0.05) is 16.2 Å². The first-order chi connectivity index (χ1) is 2.50. The Morgan fingerprint density at radius 1 is 1.50 bits per heavy atom. The van der Waals surface area contributed by atoms with E-state index >= 15 is 0 Å². The third-order valence-electron chi connectivity index (χ3n) is 0.324. The highest BCUT2D eigenvalue weighted by Gasteiger charge is 1.91. The largest absolute Gasteiger partial charge is 0.870 e. The molecule has 1 heterocycles. The lowest BCUT2D eigenvalue weighted by atomic mass is 11.1. The molecule has 0 aromatic rings. The Labute approximate surface area is 44.2 Å². The van der Waals surface area contributed by atoms with E-state index in [9.17, 15) is 0 Å². The van der Waals surface area contributed by atoms with Crippen LogP contribution in [0.1, 0.15) is 0 Å². The molecule has 0 aromatic heterocycles. The first-order valence-electron chi connectivity index (χ1n) is 1.30. The minimum atomic E-state index is 0. The van der Waals surface area contributed by atoms with Crippen molar-refractivity contribution in [1.29, 1.82) is 0 Å². The van der Waals surface area contributed by atoms with Gasteiger partial charge in [-0.25, -0.2) is 4.72 Å². The van der Waals surface area contributed by atoms with Crippen LogP contribution in [0.4, 0.5) is 0 Å². The SMILES string of the molecule is C1=CSS[NH2+]1.[OH-]. The van der Waals surface area contributed by atoms with Crippen LogP contribution in [-0.2, 0) is 0 Å². The normalized spacial score (nSPS) is 17.3. The minimum absolute atomic E-state index is 0. The maximum atomic E-state index is 2.06. The van der Waals surface area contributed by atoms with Gasteiger partial charge in [0.05, 0.1) is 0 Å². The predicted molar refractivity (Wildman–Crippen MR) is 28.2 cm³/mol. The van der Waals surface area contributed by atoms with E-state index < -0.39 is 0 Å². The zero-order chi connectivity index (χ0) is 3.54. The van der Waals surface area contributed by atoms with Crippen molar-refractivity contribution < 1.29 is 10.2 Å². The van der Waals surface area contributed by atoms with Crippen LogP contribution in [-0.4, -0.2) is 5.48 Å². The molecular formula is C2H5NOS2. The van der Waals surface area contributed by atoms with Crippen LogP contribution < -0.4 is 4.72 Å². The third kappa shape index (κ3) is 1.71. The standard InChI is InChI=1S/C2H3NS2.H2O/c1-2-4-5-3-1;/h1-3H;1H2. The van der Waals surface area contributed by atoms with E-state index in [4.69, 9.17) is 0 Å². The summed E-state index contributed by atoms with van der Waals surface area (Å²) < 4.78 is 2.06. The molecule has 1 rings (SSSR count). The van der Waals surface area contributed by atoms with Crippen molar-refractivity contribution in [2.24, 2.45) is 0 Å². The molecule has 0 bridgehead atoms. The van der Waals surface area contributed by atoms with E-state index in [-0.39, 0.29) is 5.48 Å². The highest BCUT2D eigenvalue weighted by Crippen LogP contribution is 2.15. The van der Waals surface area contributed by atoms with Crippen molar-refractivity contribution in [1.82, 2.24) is 0 Å². The molecule has 0 atom stereocenters. The van der Waals surface area contributed by atoms with Crippen LogP contribution in [0, 0.1) is 0 Å². The van der Waals surface area contributed by atoms with E-state index in [1.165, 1.54) is 0 Å². The molecule has 0 aliphatic carbocycles. The number of rotatable bonds is 0. The molecular weight excluding hydrogens is 118 g/mol. The number of quaternary nitrogens is 1. The quantitative estimate of drug-likeness (QED) is 0.368. The van der Waals surface area contributed by atoms with E-state index in [0.717, 1.165) is 0 Å². The molecule has 0 amide bonds. The first-order valence-corrected chi connectivity index (χ1v) is 3.58. The highest BCUT2D eigenvalue weighted by atomic mass is 33.1. The topological polar surface area (TPSA) is 46.6 Å². The second-order valence-electron chi connectivity index (χ2n) is 0.657. The molecule has 0 fully saturated rings. The van der Waals surface area contributed by atoms with Crippen molar-refractivity contribution in [2.75, 3.05) is 0 Å². The molecule has 0 radical (unpaired) electrons. The molecule has 2 nitrogen and oxygen atoms in total. The Kier molecular flexibility index (Phi) is 3.76. The zero-order valence-corrected chi connectivity index (χ0v) is 4.63. The lowest BCUT2D eigenvalue weighted by Gasteiger charge is -1.66. The van der Waals surface area contributed by atoms with Crippen LogP contribution >= 0.6 is 21.8 Å². The zero-order valence-electron chi connectivity index (χ0n) is 3.00. The van der Waals surface area contributed by atoms with E-state index in [1.807, 2.05) is 6.20 Å². The average Bonchev–Trinajstić information content (AvgIpc) is 1.76. The summed E-state index contributed by atoms with van der Waals surface area (Å²) in [6.45, 7) is 0. The predicted octanol–water partition coefficient (Wildman–Crippen LogP) is 0.154. The summed E-state index contributed by atoms with van der Waals surface area (Å²) >= 11 is 0. The number of nitrogens with two attached hydrogens (primary N) is 1. The Balaban J connectivity index is 0.000000250. The van der Waals surface area contributed by atoms with Gasteiger partial charge in [0.2, 0.25) is 0 Å². The Morgan fingerprint density at radius 3 is 2.50 bits per heavy atom. The summed E-state index contributed by atoms with van der Waals surface area (Å²) in [5.41, 5.74) is 0. The smallest absolute Gasteiger partial charge is 0.153 e. The maximum Gasteiger partial charge on any atom is 0.153 e. The van der Waals surface area contributed by atoms with Crippen molar-refractivity contribution in [3.8, 4) is 0 Å². The maximum absolute atomic E-state index is 2.06. The molecule has 1 aliphatic heterocycles. The molecule has 4 heteroatoms. The van der Waals surface area contributed by atoms with Crippen LogP contribution in [0.2, 0.25) is 0 Å². The van der Waals surface area contributed by atoms with Gasteiger partial charge in [-0.05, 0) is 0 Å². The number of hydrogen-bond donors (Lipinski definition) is 1. The van der Waals surface area contributed by atoms with Crippen LogP contribution in [0.5, 0.6) is 0 Å². The summed E-state index contributed by atoms with van der Waals surface area (Å²) in [6, 6.07) is 0. The van der Waals surface area contributed by atoms with Crippen LogP contribution in [0.15, 0.2) is 11.6 Å². The monoisotopic (exact) mass is 123 g/mol. The third-order valence-corrected chi connectivity index (χ3v) is 1.97. The molecule has 1 aliphatic rings. The van der Waals surface area contributed by atoms with Gasteiger partial charge >= 0.3 is 0 Å². The Hall–Kier alpha value is 0.360. The minimum Gasteiger partial charge on any atom is -0.870 e. The van der Waals surface area contributed by atoms with Crippen molar-refractivity contribution in [3.63, 3.8) is 0 Å². The van der Waals surface area contributed by atoms with Crippen LogP contribution in [0.3, 0.4) is 0 Å². The van der Waals surface area contributed by atoms with Gasteiger partial charge in [0.1, 0.15) is 6.20 Å². The van der Waals surface area contributed by atoms with Gasteiger partial charge in [0.15, 0.2) is 11.0 Å². The van der Waals surface area contributed by atoms with E-state index in [2.05, 4.69) is 10.1 Å². The van der Waals surface area contributed by atoms with Gasteiger partial charge in [-0.1, -0.05) is 0 Å². The fourth-order valence-corrected chi connectivity index (χ4v) is 1.44. The summed E-state index contributed by atoms with van der Waals surface area (Å²) in [7, 11) is 3.51. The lowest BCUT2D eigenvalue weighted by Crippen LogP contribution is -2.65. The highest BCUT2D eigenvalue weighted by molar-refractivity contribution is 8.75. The van der Waals surface area contributed by atoms with Crippen LogP contribution in [0.25, 0.3) is 0 Å². The van der Waals surface area contributed by atoms with Gasteiger partial charge in [-0.2, -0.15) is 0 Å². The van der Waals surface area contributed by atoms with Crippen molar-refractivity contribution in [2.45, 2.75) is 0 Å². The molecule has 3 N–H and O–H groups in total. The van der Waals surface area contributed by atoms with Gasteiger partial charge in [0.25, 0.3) is 0 Å². The van der Waals surface area contributed by atoms with Gasteiger partial charge in [-0.3, -0.25) is 0 Å². The second-order valence-corrected chi connectivity index (χ2v) is 2.74.